The maximum atomic E-state index is 3.22. The van der Waals surface area contributed by atoms with E-state index < -0.39 is 0 Å². The van der Waals surface area contributed by atoms with Crippen molar-refractivity contribution in [1.82, 2.24) is 5.32 Å². The summed E-state index contributed by atoms with van der Waals surface area (Å²) < 4.78 is 0.312. The molecular formula is C2H3Br4N. The van der Waals surface area contributed by atoms with Gasteiger partial charge in [0, 0.05) is 0 Å². The molecule has 5 heteroatoms. The van der Waals surface area contributed by atoms with Crippen molar-refractivity contribution in [2.45, 2.75) is 7.72 Å². The van der Waals surface area contributed by atoms with Gasteiger partial charge in [-0.2, -0.15) is 0 Å². The minimum absolute atomic E-state index is 0.156. The van der Waals surface area contributed by atoms with Gasteiger partial charge in [0.15, 0.2) is 0 Å². The van der Waals surface area contributed by atoms with E-state index in [1.165, 1.54) is 0 Å². The molecule has 0 amide bonds. The first-order chi connectivity index (χ1) is 3.13. The van der Waals surface area contributed by atoms with E-state index in [2.05, 4.69) is 69.0 Å². The lowest BCUT2D eigenvalue weighted by molar-refractivity contribution is 0.905. The fourth-order valence-corrected chi connectivity index (χ4v) is 2.57. The Morgan fingerprint density at radius 3 is 1.14 bits per heavy atom. The van der Waals surface area contributed by atoms with E-state index in [1.54, 1.807) is 0 Å². The molecule has 7 heavy (non-hydrogen) atoms. The van der Waals surface area contributed by atoms with Crippen LogP contribution in [0.25, 0.3) is 0 Å². The molecule has 0 fully saturated rings. The second kappa shape index (κ2) is 4.73. The highest BCUT2D eigenvalue weighted by atomic mass is 79.9. The van der Waals surface area contributed by atoms with E-state index in [-0.39, 0.29) is 7.72 Å². The van der Waals surface area contributed by atoms with Gasteiger partial charge in [-0.1, -0.05) is 63.7 Å². The van der Waals surface area contributed by atoms with E-state index in [1.807, 2.05) is 0 Å². The summed E-state index contributed by atoms with van der Waals surface area (Å²) in [6.07, 6.45) is 0. The summed E-state index contributed by atoms with van der Waals surface area (Å²) in [5.74, 6) is 0. The molecule has 0 spiro atoms. The average Bonchev–Trinajstić information content (AvgIpc) is 1.27. The molecule has 1 N–H and O–H groups in total. The third kappa shape index (κ3) is 7.88. The molecule has 0 aromatic carbocycles. The van der Waals surface area contributed by atoms with Crippen LogP contribution in [0.2, 0.25) is 0 Å². The SMILES string of the molecule is BrC(Br)NC(Br)Br. The second-order valence-electron chi connectivity index (χ2n) is 0.768. The molecule has 0 radical (unpaired) electrons. The topological polar surface area (TPSA) is 12.0 Å². The molecule has 0 aliphatic carbocycles. The molecule has 44 valence electrons. The lowest BCUT2D eigenvalue weighted by atomic mass is 11.3. The molecule has 0 aromatic heterocycles. The quantitative estimate of drug-likeness (QED) is 0.590. The van der Waals surface area contributed by atoms with Gasteiger partial charge in [-0.15, -0.1) is 0 Å². The van der Waals surface area contributed by atoms with E-state index in [4.69, 9.17) is 0 Å². The monoisotopic (exact) mass is 357 g/mol. The van der Waals surface area contributed by atoms with Crippen LogP contribution in [0.5, 0.6) is 0 Å². The zero-order valence-electron chi connectivity index (χ0n) is 3.17. The van der Waals surface area contributed by atoms with Gasteiger partial charge >= 0.3 is 0 Å². The molecule has 0 aromatic rings. The van der Waals surface area contributed by atoms with Crippen LogP contribution in [0.4, 0.5) is 0 Å². The van der Waals surface area contributed by atoms with Gasteiger partial charge in [0.1, 0.15) is 7.72 Å². The van der Waals surface area contributed by atoms with Crippen molar-refractivity contribution in [3.05, 3.63) is 0 Å². The molecule has 0 aliphatic heterocycles. The minimum Gasteiger partial charge on any atom is -0.275 e. The van der Waals surface area contributed by atoms with E-state index >= 15 is 0 Å². The van der Waals surface area contributed by atoms with Crippen LogP contribution >= 0.6 is 63.7 Å². The van der Waals surface area contributed by atoms with Gasteiger partial charge in [-0.25, -0.2) is 0 Å². The standard InChI is InChI=1S/C2H3Br4N/c3-1(4)7-2(5)6/h1-2,7H. The van der Waals surface area contributed by atoms with E-state index in [0.29, 0.717) is 0 Å². The van der Waals surface area contributed by atoms with Crippen LogP contribution in [0, 0.1) is 0 Å². The highest BCUT2D eigenvalue weighted by molar-refractivity contribution is 9.25. The predicted molar refractivity (Wildman–Crippen MR) is 46.4 cm³/mol. The van der Waals surface area contributed by atoms with E-state index in [0.717, 1.165) is 0 Å². The molecule has 0 heterocycles. The fourth-order valence-electron chi connectivity index (χ4n) is 0.0952. The Labute approximate surface area is 76.1 Å². The number of hydrogen-bond acceptors (Lipinski definition) is 1. The highest BCUT2D eigenvalue weighted by Gasteiger charge is 1.99. The molecule has 0 bridgehead atoms. The third-order valence-corrected chi connectivity index (χ3v) is 1.31. The first-order valence-electron chi connectivity index (χ1n) is 1.45. The largest absolute Gasteiger partial charge is 0.275 e. The van der Waals surface area contributed by atoms with Crippen molar-refractivity contribution >= 4 is 63.7 Å². The van der Waals surface area contributed by atoms with Crippen molar-refractivity contribution < 1.29 is 0 Å². The number of alkyl halides is 4. The first kappa shape index (κ1) is 8.88. The molecule has 0 atom stereocenters. The van der Waals surface area contributed by atoms with Crippen molar-refractivity contribution in [3.63, 3.8) is 0 Å². The third-order valence-electron chi connectivity index (χ3n) is 0.252. The minimum atomic E-state index is 0.156. The normalized spacial score (nSPS) is 11.1. The summed E-state index contributed by atoms with van der Waals surface area (Å²) in [5, 5.41) is 2.97. The smallest absolute Gasteiger partial charge is 0.121 e. The predicted octanol–water partition coefficient (Wildman–Crippen LogP) is 2.72. The van der Waals surface area contributed by atoms with Crippen molar-refractivity contribution in [1.29, 1.82) is 0 Å². The van der Waals surface area contributed by atoms with Gasteiger partial charge in [0.2, 0.25) is 0 Å². The van der Waals surface area contributed by atoms with E-state index in [9.17, 15) is 0 Å². The zero-order valence-corrected chi connectivity index (χ0v) is 9.51. The summed E-state index contributed by atoms with van der Waals surface area (Å²) in [5.41, 5.74) is 0. The Morgan fingerprint density at radius 1 is 0.857 bits per heavy atom. The number of hydrogen-bond donors (Lipinski definition) is 1. The van der Waals surface area contributed by atoms with Crippen LogP contribution in [0.15, 0.2) is 0 Å². The fraction of sp³-hybridized carbons (Fsp3) is 1.00. The van der Waals surface area contributed by atoms with Crippen LogP contribution < -0.4 is 5.32 Å². The molecule has 1 nitrogen and oxygen atoms in total. The number of nitrogens with one attached hydrogen (secondary N) is 1. The van der Waals surface area contributed by atoms with Crippen LogP contribution in [0.3, 0.4) is 0 Å². The van der Waals surface area contributed by atoms with Crippen molar-refractivity contribution in [2.24, 2.45) is 0 Å². The Morgan fingerprint density at radius 2 is 1.14 bits per heavy atom. The molecule has 0 saturated heterocycles. The van der Waals surface area contributed by atoms with Crippen LogP contribution in [-0.2, 0) is 0 Å². The van der Waals surface area contributed by atoms with Gasteiger partial charge in [0.05, 0.1) is 0 Å². The van der Waals surface area contributed by atoms with Crippen LogP contribution in [-0.4, -0.2) is 7.72 Å². The van der Waals surface area contributed by atoms with Gasteiger partial charge in [-0.3, -0.25) is 5.32 Å². The summed E-state index contributed by atoms with van der Waals surface area (Å²) >= 11 is 12.9. The second-order valence-corrected chi connectivity index (χ2v) is 6.89. The van der Waals surface area contributed by atoms with Gasteiger partial charge in [-0.05, 0) is 0 Å². The van der Waals surface area contributed by atoms with Crippen LogP contribution in [0.1, 0.15) is 0 Å². The first-order valence-corrected chi connectivity index (χ1v) is 5.11. The Balaban J connectivity index is 2.95. The summed E-state index contributed by atoms with van der Waals surface area (Å²) in [6, 6.07) is 0. The summed E-state index contributed by atoms with van der Waals surface area (Å²) in [7, 11) is 0. The number of rotatable bonds is 2. The molecule has 0 unspecified atom stereocenters. The lowest BCUT2D eigenvalue weighted by Crippen LogP contribution is -2.20. The Kier molecular flexibility index (Phi) is 6.00. The molecule has 0 aliphatic rings. The molecule has 0 rings (SSSR count). The average molecular weight is 361 g/mol. The lowest BCUT2D eigenvalue weighted by Gasteiger charge is -2.03. The Hall–Kier alpha value is 1.88. The zero-order chi connectivity index (χ0) is 5.86. The van der Waals surface area contributed by atoms with Crippen molar-refractivity contribution in [2.75, 3.05) is 0 Å². The maximum Gasteiger partial charge on any atom is 0.121 e. The van der Waals surface area contributed by atoms with Crippen molar-refractivity contribution in [3.8, 4) is 0 Å². The number of halogens is 4. The van der Waals surface area contributed by atoms with Gasteiger partial charge in [0.25, 0.3) is 0 Å². The summed E-state index contributed by atoms with van der Waals surface area (Å²) in [4.78, 5) is 0. The van der Waals surface area contributed by atoms with Gasteiger partial charge < -0.3 is 0 Å². The molecular weight excluding hydrogens is 358 g/mol. The highest BCUT2D eigenvalue weighted by Crippen LogP contribution is 2.10. The Bertz CT molecular complexity index is 39.0. The summed E-state index contributed by atoms with van der Waals surface area (Å²) in [6.45, 7) is 0. The maximum absolute atomic E-state index is 3.22. The molecule has 0 saturated carbocycles.